The maximum absolute atomic E-state index is 12.9. The first-order valence-corrected chi connectivity index (χ1v) is 9.60. The number of benzene rings is 2. The van der Waals surface area contributed by atoms with Gasteiger partial charge in [0.05, 0.1) is 17.6 Å². The molecule has 0 aliphatic rings. The summed E-state index contributed by atoms with van der Waals surface area (Å²) in [6.45, 7) is 0. The molecule has 0 radical (unpaired) electrons. The Hall–Kier alpha value is -4.24. The Morgan fingerprint density at radius 2 is 1.77 bits per heavy atom. The van der Waals surface area contributed by atoms with E-state index in [9.17, 15) is 4.79 Å². The molecule has 0 aliphatic heterocycles. The molecule has 0 saturated carbocycles. The van der Waals surface area contributed by atoms with Gasteiger partial charge in [0, 0.05) is 16.8 Å². The molecule has 0 unspecified atom stereocenters. The van der Waals surface area contributed by atoms with Gasteiger partial charge in [0.25, 0.3) is 5.91 Å². The monoisotopic (exact) mass is 431 g/mol. The Labute approximate surface area is 180 Å². The molecule has 2 aromatic carbocycles. The lowest BCUT2D eigenvalue weighted by Crippen LogP contribution is -2.13. The van der Waals surface area contributed by atoms with Crippen molar-refractivity contribution in [2.45, 2.75) is 0 Å². The second-order valence-electron chi connectivity index (χ2n) is 6.54. The lowest BCUT2D eigenvalue weighted by molar-refractivity contribution is 0.102. The van der Waals surface area contributed by atoms with Crippen molar-refractivity contribution >= 4 is 23.2 Å². The second-order valence-corrected chi connectivity index (χ2v) is 6.97. The van der Waals surface area contributed by atoms with Crippen molar-refractivity contribution in [1.82, 2.24) is 30.0 Å². The summed E-state index contributed by atoms with van der Waals surface area (Å²) in [6, 6.07) is 19.5. The van der Waals surface area contributed by atoms with Gasteiger partial charge in [0.15, 0.2) is 11.5 Å². The van der Waals surface area contributed by atoms with Gasteiger partial charge in [-0.2, -0.15) is 5.10 Å². The maximum Gasteiger partial charge on any atom is 0.276 e. The number of carbonyl (C=O) groups excluding carboxylic acids is 1. The molecule has 0 saturated heterocycles. The quantitative estimate of drug-likeness (QED) is 0.451. The largest absolute Gasteiger partial charge is 0.463 e. The number of nitrogens with zero attached hydrogens (tertiary/aromatic N) is 6. The molecule has 3 aromatic heterocycles. The predicted octanol–water partition coefficient (Wildman–Crippen LogP) is 4.01. The van der Waals surface area contributed by atoms with E-state index in [1.54, 1.807) is 59.5 Å². The number of anilines is 1. The van der Waals surface area contributed by atoms with E-state index in [1.165, 1.54) is 11.0 Å². The average molecular weight is 432 g/mol. The maximum atomic E-state index is 12.9. The highest BCUT2D eigenvalue weighted by Crippen LogP contribution is 2.26. The predicted molar refractivity (Wildman–Crippen MR) is 113 cm³/mol. The minimum absolute atomic E-state index is 0.242. The minimum Gasteiger partial charge on any atom is -0.463 e. The van der Waals surface area contributed by atoms with Crippen molar-refractivity contribution in [3.05, 3.63) is 90.0 Å². The van der Waals surface area contributed by atoms with E-state index in [2.05, 4.69) is 25.9 Å². The number of aromatic nitrogens is 6. The number of nitrogens with one attached hydrogen (secondary N) is 1. The van der Waals surface area contributed by atoms with Gasteiger partial charge in [0.1, 0.15) is 12.0 Å². The molecule has 5 rings (SSSR count). The Balaban J connectivity index is 1.44. The summed E-state index contributed by atoms with van der Waals surface area (Å²) in [5, 5.41) is 19.0. The second kappa shape index (κ2) is 7.88. The van der Waals surface area contributed by atoms with Crippen LogP contribution in [0.4, 0.5) is 5.69 Å². The molecule has 0 aliphatic carbocycles. The number of hydrogen-bond donors (Lipinski definition) is 1. The number of tetrazole rings is 1. The zero-order valence-corrected chi connectivity index (χ0v) is 16.6. The minimum atomic E-state index is -0.351. The Morgan fingerprint density at radius 3 is 2.45 bits per heavy atom. The summed E-state index contributed by atoms with van der Waals surface area (Å²) in [5.74, 6) is 0.239. The van der Waals surface area contributed by atoms with Crippen molar-refractivity contribution in [2.24, 2.45) is 0 Å². The van der Waals surface area contributed by atoms with Crippen LogP contribution >= 0.6 is 11.6 Å². The molecule has 0 atom stereocenters. The fourth-order valence-corrected chi connectivity index (χ4v) is 3.17. The van der Waals surface area contributed by atoms with Gasteiger partial charge in [-0.3, -0.25) is 4.79 Å². The standard InChI is InChI=1S/C21H14ClN7O2/c22-14-3-7-17(8-4-14)29-19(20-2-1-11-31-20)12-18(25-29)21(30)24-15-5-9-16(10-6-15)28-13-23-26-27-28/h1-13H,(H,24,30). The number of rotatable bonds is 5. The third-order valence-corrected chi connectivity index (χ3v) is 4.78. The van der Waals surface area contributed by atoms with Gasteiger partial charge in [-0.05, 0) is 71.1 Å². The number of furan rings is 1. The van der Waals surface area contributed by atoms with Crippen LogP contribution in [-0.2, 0) is 0 Å². The van der Waals surface area contributed by atoms with Gasteiger partial charge < -0.3 is 9.73 Å². The topological polar surface area (TPSA) is 104 Å². The Kier molecular flexibility index (Phi) is 4.77. The van der Waals surface area contributed by atoms with Crippen molar-refractivity contribution in [2.75, 3.05) is 5.32 Å². The van der Waals surface area contributed by atoms with E-state index in [-0.39, 0.29) is 11.6 Å². The van der Waals surface area contributed by atoms with Crippen LogP contribution in [0.2, 0.25) is 5.02 Å². The molecular weight excluding hydrogens is 418 g/mol. The summed E-state index contributed by atoms with van der Waals surface area (Å²) in [6.07, 6.45) is 3.06. The summed E-state index contributed by atoms with van der Waals surface area (Å²) in [7, 11) is 0. The summed E-state index contributed by atoms with van der Waals surface area (Å²) < 4.78 is 8.69. The van der Waals surface area contributed by atoms with E-state index in [0.29, 0.717) is 22.2 Å². The SMILES string of the molecule is O=C(Nc1ccc(-n2cnnn2)cc1)c1cc(-c2ccco2)n(-c2ccc(Cl)cc2)n1. The molecule has 0 spiro atoms. The molecule has 0 fully saturated rings. The highest BCUT2D eigenvalue weighted by molar-refractivity contribution is 6.30. The first-order valence-electron chi connectivity index (χ1n) is 9.22. The number of amides is 1. The van der Waals surface area contributed by atoms with E-state index in [4.69, 9.17) is 16.0 Å². The lowest BCUT2D eigenvalue weighted by Gasteiger charge is -2.06. The number of halogens is 1. The zero-order valence-electron chi connectivity index (χ0n) is 15.9. The van der Waals surface area contributed by atoms with E-state index >= 15 is 0 Å². The summed E-state index contributed by atoms with van der Waals surface area (Å²) >= 11 is 6.00. The van der Waals surface area contributed by atoms with Crippen LogP contribution in [0.15, 0.2) is 83.7 Å². The van der Waals surface area contributed by atoms with Crippen molar-refractivity contribution in [3.8, 4) is 22.8 Å². The van der Waals surface area contributed by atoms with E-state index in [0.717, 1.165) is 11.4 Å². The van der Waals surface area contributed by atoms with E-state index in [1.807, 2.05) is 18.2 Å². The molecule has 152 valence electrons. The molecule has 10 heteroatoms. The average Bonchev–Trinajstić information content (AvgIpc) is 3.56. The van der Waals surface area contributed by atoms with Crippen LogP contribution in [0.25, 0.3) is 22.8 Å². The molecule has 5 aromatic rings. The fourth-order valence-electron chi connectivity index (χ4n) is 3.04. The normalized spacial score (nSPS) is 10.9. The highest BCUT2D eigenvalue weighted by Gasteiger charge is 2.18. The van der Waals surface area contributed by atoms with Gasteiger partial charge in [-0.25, -0.2) is 9.36 Å². The molecule has 31 heavy (non-hydrogen) atoms. The van der Waals surface area contributed by atoms with Gasteiger partial charge in [0.2, 0.25) is 0 Å². The third kappa shape index (κ3) is 3.81. The smallest absolute Gasteiger partial charge is 0.276 e. The molecule has 3 heterocycles. The third-order valence-electron chi connectivity index (χ3n) is 4.53. The highest BCUT2D eigenvalue weighted by atomic mass is 35.5. The van der Waals surface area contributed by atoms with Crippen LogP contribution in [0.1, 0.15) is 10.5 Å². The van der Waals surface area contributed by atoms with Crippen LogP contribution in [0.3, 0.4) is 0 Å². The zero-order chi connectivity index (χ0) is 21.2. The number of carbonyl (C=O) groups is 1. The van der Waals surface area contributed by atoms with Gasteiger partial charge >= 0.3 is 0 Å². The van der Waals surface area contributed by atoms with Gasteiger partial charge in [-0.1, -0.05) is 11.6 Å². The molecule has 0 bridgehead atoms. The first-order chi connectivity index (χ1) is 15.2. The molecular formula is C21H14ClN7O2. The van der Waals surface area contributed by atoms with Crippen LogP contribution in [0, 0.1) is 0 Å². The van der Waals surface area contributed by atoms with Crippen molar-refractivity contribution < 1.29 is 9.21 Å². The van der Waals surface area contributed by atoms with Gasteiger partial charge in [-0.15, -0.1) is 5.10 Å². The van der Waals surface area contributed by atoms with Crippen LogP contribution < -0.4 is 5.32 Å². The van der Waals surface area contributed by atoms with Crippen LogP contribution in [0.5, 0.6) is 0 Å². The number of hydrogen-bond acceptors (Lipinski definition) is 6. The van der Waals surface area contributed by atoms with Crippen molar-refractivity contribution in [1.29, 1.82) is 0 Å². The summed E-state index contributed by atoms with van der Waals surface area (Å²) in [5.41, 5.74) is 3.02. The van der Waals surface area contributed by atoms with E-state index < -0.39 is 0 Å². The fraction of sp³-hybridized carbons (Fsp3) is 0. The Bertz CT molecular complexity index is 1310. The van der Waals surface area contributed by atoms with Crippen LogP contribution in [-0.4, -0.2) is 35.9 Å². The van der Waals surface area contributed by atoms with Crippen molar-refractivity contribution in [3.63, 3.8) is 0 Å². The summed E-state index contributed by atoms with van der Waals surface area (Å²) in [4.78, 5) is 12.9. The molecule has 9 nitrogen and oxygen atoms in total. The molecule has 1 N–H and O–H groups in total. The first kappa shape index (κ1) is 18.8. The Morgan fingerprint density at radius 1 is 1.00 bits per heavy atom. The molecule has 1 amide bonds. The lowest BCUT2D eigenvalue weighted by atomic mass is 10.2.